The van der Waals surface area contributed by atoms with Crippen LogP contribution < -0.4 is 10.2 Å². The maximum atomic E-state index is 11.7. The van der Waals surface area contributed by atoms with Gasteiger partial charge in [0.05, 0.1) is 5.92 Å². The second-order valence-electron chi connectivity index (χ2n) is 7.31. The smallest absolute Gasteiger partial charge is 0.311 e. The van der Waals surface area contributed by atoms with Crippen LogP contribution in [0.1, 0.15) is 31.7 Å². The molecule has 2 N–H and O–H groups in total. The van der Waals surface area contributed by atoms with E-state index in [0.717, 1.165) is 42.9 Å². The molecule has 5 nitrogen and oxygen atoms in total. The van der Waals surface area contributed by atoms with Gasteiger partial charge in [0.1, 0.15) is 0 Å². The molecule has 0 saturated carbocycles. The lowest BCUT2D eigenvalue weighted by atomic mass is 9.90. The van der Waals surface area contributed by atoms with Crippen LogP contribution in [-0.2, 0) is 4.79 Å². The molecule has 0 radical (unpaired) electrons. The van der Waals surface area contributed by atoms with E-state index in [1.807, 2.05) is 19.9 Å². The van der Waals surface area contributed by atoms with E-state index in [4.69, 9.17) is 0 Å². The van der Waals surface area contributed by atoms with E-state index in [-0.39, 0.29) is 0 Å². The van der Waals surface area contributed by atoms with Crippen molar-refractivity contribution in [3.05, 3.63) is 48.3 Å². The molecule has 3 rings (SSSR count). The summed E-state index contributed by atoms with van der Waals surface area (Å²) in [6.07, 6.45) is 4.10. The summed E-state index contributed by atoms with van der Waals surface area (Å²) < 4.78 is 0. The minimum absolute atomic E-state index is 0.318. The quantitative estimate of drug-likeness (QED) is 0.833. The van der Waals surface area contributed by atoms with E-state index in [0.29, 0.717) is 12.3 Å². The van der Waals surface area contributed by atoms with Crippen molar-refractivity contribution >= 4 is 11.7 Å². The number of hydrogen-bond donors (Lipinski definition) is 2. The Hall–Kier alpha value is -2.40. The van der Waals surface area contributed by atoms with E-state index in [9.17, 15) is 9.90 Å². The van der Waals surface area contributed by atoms with Gasteiger partial charge in [-0.05, 0) is 41.7 Å². The Labute approximate surface area is 155 Å². The number of hydrogen-bond acceptors (Lipinski definition) is 4. The highest BCUT2D eigenvalue weighted by Crippen LogP contribution is 2.28. The summed E-state index contributed by atoms with van der Waals surface area (Å²) in [5.41, 5.74) is 4.02. The van der Waals surface area contributed by atoms with Gasteiger partial charge in [-0.2, -0.15) is 0 Å². The Morgan fingerprint density at radius 2 is 1.85 bits per heavy atom. The minimum atomic E-state index is -0.785. The highest BCUT2D eigenvalue weighted by molar-refractivity contribution is 5.77. The molecule has 1 atom stereocenters. The van der Waals surface area contributed by atoms with Crippen LogP contribution in [0.2, 0.25) is 0 Å². The molecule has 1 aromatic heterocycles. The molecule has 2 heterocycles. The number of carbonyl (C=O) groups is 1. The van der Waals surface area contributed by atoms with Gasteiger partial charge in [-0.25, -0.2) is 0 Å². The highest BCUT2D eigenvalue weighted by Gasteiger charge is 2.22. The lowest BCUT2D eigenvalue weighted by molar-refractivity contribution is -0.139. The molecule has 5 heteroatoms. The molecule has 0 bridgehead atoms. The number of rotatable bonds is 6. The van der Waals surface area contributed by atoms with E-state index in [1.54, 1.807) is 12.4 Å². The first-order chi connectivity index (χ1) is 12.5. The third kappa shape index (κ3) is 4.41. The molecule has 0 spiro atoms. The fourth-order valence-corrected chi connectivity index (χ4v) is 3.44. The molecule has 1 saturated heterocycles. The number of carboxylic acid groups (broad SMARTS) is 1. The Kier molecular flexibility index (Phi) is 5.89. The molecule has 26 heavy (non-hydrogen) atoms. The van der Waals surface area contributed by atoms with Gasteiger partial charge in [0.25, 0.3) is 0 Å². The van der Waals surface area contributed by atoms with E-state index in [1.165, 1.54) is 5.69 Å². The van der Waals surface area contributed by atoms with Crippen LogP contribution in [0.4, 0.5) is 5.69 Å². The fourth-order valence-electron chi connectivity index (χ4n) is 3.44. The molecular weight excluding hydrogens is 326 g/mol. The predicted molar refractivity (Wildman–Crippen MR) is 105 cm³/mol. The summed E-state index contributed by atoms with van der Waals surface area (Å²) >= 11 is 0. The van der Waals surface area contributed by atoms with Gasteiger partial charge >= 0.3 is 5.97 Å². The zero-order valence-corrected chi connectivity index (χ0v) is 15.5. The third-order valence-corrected chi connectivity index (χ3v) is 4.85. The van der Waals surface area contributed by atoms with Gasteiger partial charge in [-0.3, -0.25) is 9.78 Å². The van der Waals surface area contributed by atoms with Crippen molar-refractivity contribution in [2.75, 3.05) is 31.1 Å². The number of anilines is 1. The van der Waals surface area contributed by atoms with Crippen molar-refractivity contribution < 1.29 is 9.90 Å². The Morgan fingerprint density at radius 1 is 1.15 bits per heavy atom. The van der Waals surface area contributed by atoms with E-state index < -0.39 is 11.9 Å². The van der Waals surface area contributed by atoms with Crippen molar-refractivity contribution in [2.24, 2.45) is 5.92 Å². The van der Waals surface area contributed by atoms with Crippen LogP contribution in [0.3, 0.4) is 0 Å². The lowest BCUT2D eigenvalue weighted by Gasteiger charge is -2.29. The highest BCUT2D eigenvalue weighted by atomic mass is 16.4. The van der Waals surface area contributed by atoms with Crippen LogP contribution in [0.25, 0.3) is 11.1 Å². The average Bonchev–Trinajstić information content (AvgIpc) is 2.67. The first kappa shape index (κ1) is 18.4. The summed E-state index contributed by atoms with van der Waals surface area (Å²) in [5.74, 6) is -0.979. The SMILES string of the molecule is CC(C)CC(C(=O)O)c1cncc(-c2ccc(N3CCNCC3)cc2)c1. The number of pyridine rings is 1. The Morgan fingerprint density at radius 3 is 2.46 bits per heavy atom. The van der Waals surface area contributed by atoms with E-state index >= 15 is 0 Å². The van der Waals surface area contributed by atoms with Gasteiger partial charge in [-0.15, -0.1) is 0 Å². The molecule has 0 amide bonds. The zero-order valence-electron chi connectivity index (χ0n) is 15.5. The number of carboxylic acids is 1. The van der Waals surface area contributed by atoms with Crippen molar-refractivity contribution in [2.45, 2.75) is 26.2 Å². The third-order valence-electron chi connectivity index (χ3n) is 4.85. The standard InChI is InChI=1S/C21H27N3O2/c1-15(2)11-20(21(25)26)18-12-17(13-23-14-18)16-3-5-19(6-4-16)24-9-7-22-8-10-24/h3-6,12-15,20,22H,7-11H2,1-2H3,(H,25,26). The van der Waals surface area contributed by atoms with Crippen molar-refractivity contribution in [3.8, 4) is 11.1 Å². The van der Waals surface area contributed by atoms with Gasteiger partial charge in [0, 0.05) is 49.8 Å². The van der Waals surface area contributed by atoms with Gasteiger partial charge in [0.2, 0.25) is 0 Å². The summed E-state index contributed by atoms with van der Waals surface area (Å²) in [6, 6.07) is 10.4. The average molecular weight is 353 g/mol. The second kappa shape index (κ2) is 8.32. The van der Waals surface area contributed by atoms with Crippen LogP contribution >= 0.6 is 0 Å². The van der Waals surface area contributed by atoms with Crippen LogP contribution in [-0.4, -0.2) is 42.2 Å². The summed E-state index contributed by atoms with van der Waals surface area (Å²) in [5, 5.41) is 12.9. The molecule has 0 aliphatic carbocycles. The van der Waals surface area contributed by atoms with E-state index in [2.05, 4.69) is 39.5 Å². The lowest BCUT2D eigenvalue weighted by Crippen LogP contribution is -2.43. The molecule has 1 aliphatic rings. The molecule has 1 aliphatic heterocycles. The summed E-state index contributed by atoms with van der Waals surface area (Å²) in [7, 11) is 0. The number of aliphatic carboxylic acids is 1. The van der Waals surface area contributed by atoms with Gasteiger partial charge < -0.3 is 15.3 Å². The molecular formula is C21H27N3O2. The van der Waals surface area contributed by atoms with Gasteiger partial charge in [0.15, 0.2) is 0 Å². The molecule has 1 aromatic carbocycles. The molecule has 138 valence electrons. The second-order valence-corrected chi connectivity index (χ2v) is 7.31. The van der Waals surface area contributed by atoms with Crippen molar-refractivity contribution in [1.29, 1.82) is 0 Å². The van der Waals surface area contributed by atoms with Crippen LogP contribution in [0, 0.1) is 5.92 Å². The Bertz CT molecular complexity index is 737. The topological polar surface area (TPSA) is 65.5 Å². The molecule has 1 unspecified atom stereocenters. The maximum absolute atomic E-state index is 11.7. The summed E-state index contributed by atoms with van der Waals surface area (Å²) in [6.45, 7) is 8.15. The Balaban J connectivity index is 1.82. The van der Waals surface area contributed by atoms with Crippen molar-refractivity contribution in [3.63, 3.8) is 0 Å². The largest absolute Gasteiger partial charge is 0.481 e. The van der Waals surface area contributed by atoms with Crippen LogP contribution in [0.5, 0.6) is 0 Å². The van der Waals surface area contributed by atoms with Crippen LogP contribution in [0.15, 0.2) is 42.7 Å². The maximum Gasteiger partial charge on any atom is 0.311 e. The predicted octanol–water partition coefficient (Wildman–Crippen LogP) is 3.37. The molecule has 2 aromatic rings. The monoisotopic (exact) mass is 353 g/mol. The fraction of sp³-hybridized carbons (Fsp3) is 0.429. The first-order valence-corrected chi connectivity index (χ1v) is 9.28. The molecule has 1 fully saturated rings. The zero-order chi connectivity index (χ0) is 18.5. The van der Waals surface area contributed by atoms with Crippen molar-refractivity contribution in [1.82, 2.24) is 10.3 Å². The minimum Gasteiger partial charge on any atom is -0.481 e. The van der Waals surface area contributed by atoms with Gasteiger partial charge in [-0.1, -0.05) is 26.0 Å². The number of piperazine rings is 1. The first-order valence-electron chi connectivity index (χ1n) is 9.28. The summed E-state index contributed by atoms with van der Waals surface area (Å²) in [4.78, 5) is 18.3. The number of aromatic nitrogens is 1. The number of benzene rings is 1. The normalized spacial score (nSPS) is 15.9. The number of nitrogens with zero attached hydrogens (tertiary/aromatic N) is 2. The number of nitrogens with one attached hydrogen (secondary N) is 1.